The van der Waals surface area contributed by atoms with Crippen molar-refractivity contribution < 1.29 is 0 Å². The maximum atomic E-state index is 5.93. The summed E-state index contributed by atoms with van der Waals surface area (Å²) in [4.78, 5) is 0. The predicted molar refractivity (Wildman–Crippen MR) is 73.0 cm³/mol. The number of nitrogens with zero attached hydrogens (tertiary/aromatic N) is 4. The molecule has 0 amide bonds. The molecule has 0 aliphatic carbocycles. The van der Waals surface area contributed by atoms with Gasteiger partial charge in [0.2, 0.25) is 0 Å². The lowest BCUT2D eigenvalue weighted by atomic mass is 10.2. The van der Waals surface area contributed by atoms with E-state index in [2.05, 4.69) is 31.0 Å². The Bertz CT molecular complexity index is 539. The molecule has 0 bridgehead atoms. The molecule has 2 heterocycles. The summed E-state index contributed by atoms with van der Waals surface area (Å²) in [6, 6.07) is 2.43. The number of halogens is 1. The second kappa shape index (κ2) is 5.14. The smallest absolute Gasteiger partial charge is 0.0853 e. The lowest BCUT2D eigenvalue weighted by Crippen LogP contribution is -2.07. The zero-order valence-corrected chi connectivity index (χ0v) is 12.1. The van der Waals surface area contributed by atoms with Gasteiger partial charge in [-0.05, 0) is 33.8 Å². The molecule has 0 aliphatic heterocycles. The van der Waals surface area contributed by atoms with Gasteiger partial charge in [0.25, 0.3) is 0 Å². The molecule has 18 heavy (non-hydrogen) atoms. The third-order valence-electron chi connectivity index (χ3n) is 3.17. The van der Waals surface area contributed by atoms with E-state index in [9.17, 15) is 0 Å². The molecule has 2 aromatic rings. The Morgan fingerprint density at radius 3 is 2.50 bits per heavy atom. The van der Waals surface area contributed by atoms with Crippen LogP contribution in [0.5, 0.6) is 0 Å². The molecule has 0 N–H and O–H groups in total. The molecular weight excluding hydrogens is 248 g/mol. The molecule has 98 valence electrons. The summed E-state index contributed by atoms with van der Waals surface area (Å²) < 4.78 is 3.93. The molecule has 5 heteroatoms. The molecule has 2 rings (SSSR count). The molecule has 0 radical (unpaired) electrons. The molecule has 0 saturated heterocycles. The molecular formula is C13H19ClN4. The van der Waals surface area contributed by atoms with Gasteiger partial charge in [0.05, 0.1) is 23.8 Å². The quantitative estimate of drug-likeness (QED) is 0.798. The molecule has 0 aromatic carbocycles. The van der Waals surface area contributed by atoms with Crippen LogP contribution in [0.15, 0.2) is 12.3 Å². The van der Waals surface area contributed by atoms with Crippen molar-refractivity contribution in [3.63, 3.8) is 0 Å². The van der Waals surface area contributed by atoms with Crippen molar-refractivity contribution in [1.82, 2.24) is 19.6 Å². The Morgan fingerprint density at radius 2 is 2.00 bits per heavy atom. The van der Waals surface area contributed by atoms with Crippen LogP contribution in [0.2, 0.25) is 0 Å². The summed E-state index contributed by atoms with van der Waals surface area (Å²) in [7, 11) is 0. The summed E-state index contributed by atoms with van der Waals surface area (Å²) >= 11 is 5.93. The molecule has 2 aromatic heterocycles. The van der Waals surface area contributed by atoms with Gasteiger partial charge in [0.1, 0.15) is 0 Å². The van der Waals surface area contributed by atoms with Crippen molar-refractivity contribution in [2.45, 2.75) is 46.2 Å². The van der Waals surface area contributed by atoms with Gasteiger partial charge in [-0.15, -0.1) is 11.6 Å². The van der Waals surface area contributed by atoms with Gasteiger partial charge >= 0.3 is 0 Å². The van der Waals surface area contributed by atoms with Crippen molar-refractivity contribution in [1.29, 1.82) is 0 Å². The van der Waals surface area contributed by atoms with Crippen LogP contribution in [-0.4, -0.2) is 19.6 Å². The van der Waals surface area contributed by atoms with Crippen molar-refractivity contribution in [2.75, 3.05) is 0 Å². The highest BCUT2D eigenvalue weighted by Crippen LogP contribution is 2.16. The van der Waals surface area contributed by atoms with Crippen LogP contribution >= 0.6 is 11.6 Å². The van der Waals surface area contributed by atoms with E-state index in [0.29, 0.717) is 18.5 Å². The Labute approximate surface area is 113 Å². The highest BCUT2D eigenvalue weighted by atomic mass is 35.5. The first-order valence-corrected chi connectivity index (χ1v) is 6.69. The summed E-state index contributed by atoms with van der Waals surface area (Å²) in [6.45, 7) is 8.98. The summed E-state index contributed by atoms with van der Waals surface area (Å²) in [5, 5.41) is 9.05. The first kappa shape index (κ1) is 13.1. The highest BCUT2D eigenvalue weighted by Gasteiger charge is 2.11. The first-order valence-electron chi connectivity index (χ1n) is 6.15. The summed E-state index contributed by atoms with van der Waals surface area (Å²) in [5.41, 5.74) is 4.28. The Kier molecular flexibility index (Phi) is 3.76. The van der Waals surface area contributed by atoms with Crippen LogP contribution in [-0.2, 0) is 12.4 Å². The predicted octanol–water partition coefficient (Wildman–Crippen LogP) is 3.06. The number of hydrogen-bond donors (Lipinski definition) is 0. The Balaban J connectivity index is 2.23. The third kappa shape index (κ3) is 2.43. The number of alkyl halides is 1. The second-order valence-electron chi connectivity index (χ2n) is 4.82. The van der Waals surface area contributed by atoms with Crippen molar-refractivity contribution in [2.24, 2.45) is 0 Å². The van der Waals surface area contributed by atoms with E-state index in [4.69, 9.17) is 11.6 Å². The fourth-order valence-electron chi connectivity index (χ4n) is 1.98. The lowest BCUT2D eigenvalue weighted by Gasteiger charge is -2.05. The van der Waals surface area contributed by atoms with Gasteiger partial charge in [0.15, 0.2) is 0 Å². The van der Waals surface area contributed by atoms with Gasteiger partial charge in [-0.1, -0.05) is 0 Å². The molecule has 0 fully saturated rings. The average molecular weight is 267 g/mol. The van der Waals surface area contributed by atoms with Gasteiger partial charge in [-0.2, -0.15) is 10.2 Å². The maximum Gasteiger partial charge on any atom is 0.0853 e. The fourth-order valence-corrected chi connectivity index (χ4v) is 2.37. The number of rotatable bonds is 4. The molecule has 0 unspecified atom stereocenters. The van der Waals surface area contributed by atoms with E-state index in [1.54, 1.807) is 0 Å². The second-order valence-corrected chi connectivity index (χ2v) is 5.09. The van der Waals surface area contributed by atoms with Gasteiger partial charge in [-0.25, -0.2) is 0 Å². The van der Waals surface area contributed by atoms with E-state index in [1.165, 1.54) is 0 Å². The van der Waals surface area contributed by atoms with Crippen LogP contribution in [0.1, 0.15) is 42.5 Å². The normalized spacial score (nSPS) is 11.4. The van der Waals surface area contributed by atoms with Crippen LogP contribution in [0.3, 0.4) is 0 Å². The topological polar surface area (TPSA) is 35.6 Å². The van der Waals surface area contributed by atoms with Crippen molar-refractivity contribution in [3.8, 4) is 0 Å². The standard InChI is InChI=1S/C13H19ClN4/c1-9(2)17-6-5-12(16-17)8-18-11(4)13(7-14)10(3)15-18/h5-6,9H,7-8H2,1-4H3. The maximum absolute atomic E-state index is 5.93. The molecule has 0 atom stereocenters. The largest absolute Gasteiger partial charge is 0.270 e. The van der Waals surface area contributed by atoms with Crippen LogP contribution < -0.4 is 0 Å². The zero-order chi connectivity index (χ0) is 13.3. The van der Waals surface area contributed by atoms with Gasteiger partial charge in [0, 0.05) is 23.5 Å². The highest BCUT2D eigenvalue weighted by molar-refractivity contribution is 6.17. The molecule has 4 nitrogen and oxygen atoms in total. The van der Waals surface area contributed by atoms with E-state index >= 15 is 0 Å². The Hall–Kier alpha value is -1.29. The minimum Gasteiger partial charge on any atom is -0.270 e. The minimum atomic E-state index is 0.387. The SMILES string of the molecule is Cc1nn(Cc2ccn(C(C)C)n2)c(C)c1CCl. The Morgan fingerprint density at radius 1 is 1.28 bits per heavy atom. The van der Waals surface area contributed by atoms with Crippen LogP contribution in [0.25, 0.3) is 0 Å². The minimum absolute atomic E-state index is 0.387. The molecule has 0 spiro atoms. The van der Waals surface area contributed by atoms with E-state index in [-0.39, 0.29) is 0 Å². The first-order chi connectivity index (χ1) is 8.52. The molecule has 0 aliphatic rings. The number of hydrogen-bond acceptors (Lipinski definition) is 2. The molecule has 0 saturated carbocycles. The fraction of sp³-hybridized carbons (Fsp3) is 0.538. The number of aromatic nitrogens is 4. The van der Waals surface area contributed by atoms with Gasteiger partial charge < -0.3 is 0 Å². The zero-order valence-electron chi connectivity index (χ0n) is 11.3. The van der Waals surface area contributed by atoms with E-state index in [0.717, 1.165) is 22.6 Å². The average Bonchev–Trinajstić information content (AvgIpc) is 2.86. The van der Waals surface area contributed by atoms with E-state index < -0.39 is 0 Å². The van der Waals surface area contributed by atoms with Crippen LogP contribution in [0, 0.1) is 13.8 Å². The lowest BCUT2D eigenvalue weighted by molar-refractivity contribution is 0.519. The summed E-state index contributed by atoms with van der Waals surface area (Å²) in [6.07, 6.45) is 2.01. The van der Waals surface area contributed by atoms with E-state index in [1.807, 2.05) is 28.6 Å². The van der Waals surface area contributed by atoms with Crippen LogP contribution in [0.4, 0.5) is 0 Å². The summed E-state index contributed by atoms with van der Waals surface area (Å²) in [5.74, 6) is 0.512. The third-order valence-corrected chi connectivity index (χ3v) is 3.44. The van der Waals surface area contributed by atoms with Crippen molar-refractivity contribution >= 4 is 11.6 Å². The van der Waals surface area contributed by atoms with Gasteiger partial charge in [-0.3, -0.25) is 9.36 Å². The number of aryl methyl sites for hydroxylation is 1. The monoisotopic (exact) mass is 266 g/mol. The van der Waals surface area contributed by atoms with Crippen molar-refractivity contribution in [3.05, 3.63) is 34.9 Å².